The lowest BCUT2D eigenvalue weighted by Crippen LogP contribution is -2.40. The minimum atomic E-state index is -1.57. The lowest BCUT2D eigenvalue weighted by Gasteiger charge is -2.36. The van der Waals surface area contributed by atoms with Crippen molar-refractivity contribution in [1.29, 1.82) is 0 Å². The van der Waals surface area contributed by atoms with Gasteiger partial charge in [0.2, 0.25) is 0 Å². The molecule has 0 aliphatic heterocycles. The zero-order valence-electron chi connectivity index (χ0n) is 16.2. The van der Waals surface area contributed by atoms with Gasteiger partial charge in [0.25, 0.3) is 0 Å². The summed E-state index contributed by atoms with van der Waals surface area (Å²) < 4.78 is 6.28. The Bertz CT molecular complexity index is 576. The Hall–Kier alpha value is -1.12. The van der Waals surface area contributed by atoms with E-state index in [2.05, 4.69) is 76.3 Å². The Morgan fingerprint density at radius 1 is 1.04 bits per heavy atom. The van der Waals surface area contributed by atoms with Crippen LogP contribution in [0.2, 0.25) is 18.1 Å². The van der Waals surface area contributed by atoms with Crippen molar-refractivity contribution in [3.63, 3.8) is 0 Å². The molecule has 0 saturated carbocycles. The van der Waals surface area contributed by atoms with Crippen molar-refractivity contribution in [1.82, 2.24) is 0 Å². The molecular formula is C22H34OSi. The molecule has 0 unspecified atom stereocenters. The number of allylic oxidation sites excluding steroid dienone is 4. The van der Waals surface area contributed by atoms with E-state index in [9.17, 15) is 0 Å². The Morgan fingerprint density at radius 3 is 2.42 bits per heavy atom. The number of hydrogen-bond acceptors (Lipinski definition) is 1. The van der Waals surface area contributed by atoms with Gasteiger partial charge in [-0.1, -0.05) is 68.8 Å². The molecule has 0 fully saturated rings. The van der Waals surface area contributed by atoms with E-state index in [1.807, 2.05) is 0 Å². The zero-order chi connectivity index (χ0) is 17.6. The van der Waals surface area contributed by atoms with Crippen LogP contribution in [0.5, 0.6) is 0 Å². The van der Waals surface area contributed by atoms with E-state index < -0.39 is 8.32 Å². The van der Waals surface area contributed by atoms with Crippen LogP contribution in [-0.2, 0) is 4.43 Å². The minimum Gasteiger partial charge on any atom is -0.417 e. The molecule has 2 rings (SSSR count). The van der Waals surface area contributed by atoms with E-state index >= 15 is 0 Å². The highest BCUT2D eigenvalue weighted by molar-refractivity contribution is 6.74. The molecule has 132 valence electrons. The predicted molar refractivity (Wildman–Crippen MR) is 109 cm³/mol. The third-order valence-electron chi connectivity index (χ3n) is 5.46. The summed E-state index contributed by atoms with van der Waals surface area (Å²) in [6.45, 7) is 12.5. The van der Waals surface area contributed by atoms with Crippen LogP contribution in [0.25, 0.3) is 5.57 Å². The third-order valence-corrected chi connectivity index (χ3v) is 10.00. The molecule has 0 bridgehead atoms. The summed E-state index contributed by atoms with van der Waals surface area (Å²) in [6.07, 6.45) is 10.8. The van der Waals surface area contributed by atoms with Crippen molar-refractivity contribution in [3.05, 3.63) is 53.6 Å². The van der Waals surface area contributed by atoms with Crippen LogP contribution in [0.15, 0.2) is 48.1 Å². The maximum absolute atomic E-state index is 6.28. The van der Waals surface area contributed by atoms with Crippen LogP contribution in [0, 0.1) is 0 Å². The molecule has 2 heteroatoms. The monoisotopic (exact) mass is 342 g/mol. The summed E-state index contributed by atoms with van der Waals surface area (Å²) in [4.78, 5) is 0. The van der Waals surface area contributed by atoms with Gasteiger partial charge in [-0.15, -0.1) is 0 Å². The molecule has 0 radical (unpaired) electrons. The maximum atomic E-state index is 6.28. The minimum absolute atomic E-state index is 0.314. The van der Waals surface area contributed by atoms with Crippen LogP contribution in [0.4, 0.5) is 0 Å². The molecule has 0 amide bonds. The summed E-state index contributed by atoms with van der Waals surface area (Å²) in [7, 11) is -1.57. The zero-order valence-corrected chi connectivity index (χ0v) is 17.2. The molecule has 24 heavy (non-hydrogen) atoms. The van der Waals surface area contributed by atoms with Gasteiger partial charge in [0.05, 0.1) is 0 Å². The maximum Gasteiger partial charge on any atom is 0.191 e. The largest absolute Gasteiger partial charge is 0.417 e. The fraction of sp³-hybridized carbons (Fsp3) is 0.545. The van der Waals surface area contributed by atoms with Crippen molar-refractivity contribution < 1.29 is 4.43 Å². The number of unbranched alkanes of at least 4 members (excludes halogenated alkanes) is 1. The molecule has 1 aromatic rings. The standard InChI is InChI=1S/C22H34OSi/c1-22(2,3)24(4,5)23-17-10-9-12-19-13-11-16-21(18-19)20-14-7-6-8-15-20/h6-8,14-16,18H,9-13,17H2,1-5H3. The van der Waals surface area contributed by atoms with Crippen molar-refractivity contribution >= 4 is 13.9 Å². The van der Waals surface area contributed by atoms with Crippen molar-refractivity contribution in [2.45, 2.75) is 71.0 Å². The van der Waals surface area contributed by atoms with Gasteiger partial charge in [0.15, 0.2) is 8.32 Å². The van der Waals surface area contributed by atoms with Crippen LogP contribution < -0.4 is 0 Å². The van der Waals surface area contributed by atoms with Gasteiger partial charge in [0.1, 0.15) is 0 Å². The van der Waals surface area contributed by atoms with E-state index in [-0.39, 0.29) is 0 Å². The average Bonchev–Trinajstić information content (AvgIpc) is 2.54. The second kappa shape index (κ2) is 8.31. The van der Waals surface area contributed by atoms with Crippen LogP contribution in [0.3, 0.4) is 0 Å². The molecule has 1 aliphatic carbocycles. The molecular weight excluding hydrogens is 308 g/mol. The molecule has 0 heterocycles. The Balaban J connectivity index is 1.77. The van der Waals surface area contributed by atoms with Gasteiger partial charge in [-0.05, 0) is 61.4 Å². The first-order chi connectivity index (χ1) is 11.3. The molecule has 0 saturated heterocycles. The first kappa shape index (κ1) is 19.2. The number of benzene rings is 1. The molecule has 0 aromatic heterocycles. The van der Waals surface area contributed by atoms with Gasteiger partial charge in [-0.25, -0.2) is 0 Å². The van der Waals surface area contributed by atoms with Gasteiger partial charge in [0, 0.05) is 6.61 Å². The van der Waals surface area contributed by atoms with Crippen LogP contribution in [-0.4, -0.2) is 14.9 Å². The lowest BCUT2D eigenvalue weighted by molar-refractivity contribution is 0.279. The van der Waals surface area contributed by atoms with E-state index in [1.54, 1.807) is 5.57 Å². The second-order valence-corrected chi connectivity index (χ2v) is 13.2. The summed E-state index contributed by atoms with van der Waals surface area (Å²) in [6, 6.07) is 10.7. The van der Waals surface area contributed by atoms with E-state index in [1.165, 1.54) is 43.2 Å². The lowest BCUT2D eigenvalue weighted by atomic mass is 9.92. The van der Waals surface area contributed by atoms with E-state index in [0.29, 0.717) is 5.04 Å². The molecule has 1 nitrogen and oxygen atoms in total. The smallest absolute Gasteiger partial charge is 0.191 e. The van der Waals surface area contributed by atoms with E-state index in [0.717, 1.165) is 6.61 Å². The fourth-order valence-corrected chi connectivity index (χ4v) is 3.88. The molecule has 1 aromatic carbocycles. The average molecular weight is 343 g/mol. The molecule has 0 N–H and O–H groups in total. The highest BCUT2D eigenvalue weighted by Crippen LogP contribution is 2.36. The van der Waals surface area contributed by atoms with Crippen LogP contribution >= 0.6 is 0 Å². The first-order valence-corrected chi connectivity index (χ1v) is 12.3. The van der Waals surface area contributed by atoms with Crippen molar-refractivity contribution in [2.24, 2.45) is 0 Å². The summed E-state index contributed by atoms with van der Waals surface area (Å²) >= 11 is 0. The Kier molecular flexibility index (Phi) is 6.65. The fourth-order valence-electron chi connectivity index (χ4n) is 2.79. The predicted octanol–water partition coefficient (Wildman–Crippen LogP) is 6.98. The molecule has 0 atom stereocenters. The van der Waals surface area contributed by atoms with Crippen molar-refractivity contribution in [2.75, 3.05) is 6.61 Å². The second-order valence-electron chi connectivity index (χ2n) is 8.43. The van der Waals surface area contributed by atoms with Crippen molar-refractivity contribution in [3.8, 4) is 0 Å². The summed E-state index contributed by atoms with van der Waals surface area (Å²) in [5.74, 6) is 0. The van der Waals surface area contributed by atoms with Gasteiger partial charge >= 0.3 is 0 Å². The number of rotatable bonds is 7. The number of hydrogen-bond donors (Lipinski definition) is 0. The molecule has 1 aliphatic rings. The summed E-state index contributed by atoms with van der Waals surface area (Å²) in [5, 5.41) is 0.314. The Morgan fingerprint density at radius 2 is 1.75 bits per heavy atom. The SMILES string of the molecule is CC(C)(C)[Si](C)(C)OCCCCC1=CC(c2ccccc2)=CCC1. The van der Waals surface area contributed by atoms with Gasteiger partial charge in [-0.3, -0.25) is 0 Å². The summed E-state index contributed by atoms with van der Waals surface area (Å²) in [5.41, 5.74) is 4.34. The third kappa shape index (κ3) is 5.46. The first-order valence-electron chi connectivity index (χ1n) is 9.38. The quantitative estimate of drug-likeness (QED) is 0.383. The van der Waals surface area contributed by atoms with Gasteiger partial charge in [-0.2, -0.15) is 0 Å². The highest BCUT2D eigenvalue weighted by atomic mass is 28.4. The van der Waals surface area contributed by atoms with E-state index in [4.69, 9.17) is 4.43 Å². The van der Waals surface area contributed by atoms with Crippen LogP contribution in [0.1, 0.15) is 58.4 Å². The Labute approximate surface area is 150 Å². The normalized spacial score (nSPS) is 15.9. The molecule has 0 spiro atoms. The van der Waals surface area contributed by atoms with Gasteiger partial charge < -0.3 is 4.43 Å². The highest BCUT2D eigenvalue weighted by Gasteiger charge is 2.36. The topological polar surface area (TPSA) is 9.23 Å².